The van der Waals surface area contributed by atoms with Crippen LogP contribution >= 0.6 is 0 Å². The summed E-state index contributed by atoms with van der Waals surface area (Å²) in [5, 5.41) is 6.80. The SMILES string of the molecule is CN(C)S(=O)(=O)c1ccc(C(=O)Nc2ccc(-n3cncn3)cc2)cc1. The number of aromatic nitrogens is 3. The fourth-order valence-electron chi connectivity index (χ4n) is 2.23. The smallest absolute Gasteiger partial charge is 0.255 e. The van der Waals surface area contributed by atoms with Crippen molar-refractivity contribution in [2.24, 2.45) is 0 Å². The highest BCUT2D eigenvalue weighted by Crippen LogP contribution is 2.16. The van der Waals surface area contributed by atoms with Gasteiger partial charge >= 0.3 is 0 Å². The number of nitrogens with one attached hydrogen (secondary N) is 1. The molecular weight excluding hydrogens is 354 g/mol. The summed E-state index contributed by atoms with van der Waals surface area (Å²) >= 11 is 0. The summed E-state index contributed by atoms with van der Waals surface area (Å²) in [5.74, 6) is -0.327. The van der Waals surface area contributed by atoms with E-state index in [9.17, 15) is 13.2 Å². The molecule has 1 aromatic heterocycles. The van der Waals surface area contributed by atoms with E-state index in [-0.39, 0.29) is 10.8 Å². The van der Waals surface area contributed by atoms with Gasteiger partial charge in [-0.1, -0.05) is 0 Å². The van der Waals surface area contributed by atoms with Crippen molar-refractivity contribution < 1.29 is 13.2 Å². The van der Waals surface area contributed by atoms with Gasteiger partial charge in [0.15, 0.2) is 0 Å². The van der Waals surface area contributed by atoms with E-state index in [1.54, 1.807) is 35.3 Å². The number of carbonyl (C=O) groups is 1. The maximum absolute atomic E-state index is 12.3. The molecule has 1 heterocycles. The first kappa shape index (κ1) is 17.8. The summed E-state index contributed by atoms with van der Waals surface area (Å²) in [5.41, 5.74) is 1.80. The van der Waals surface area contributed by atoms with Crippen LogP contribution in [0.2, 0.25) is 0 Å². The Labute approximate surface area is 151 Å². The van der Waals surface area contributed by atoms with E-state index in [1.165, 1.54) is 44.7 Å². The van der Waals surface area contributed by atoms with E-state index in [0.29, 0.717) is 11.3 Å². The number of carbonyl (C=O) groups excluding carboxylic acids is 1. The third kappa shape index (κ3) is 3.63. The Balaban J connectivity index is 1.72. The van der Waals surface area contributed by atoms with Crippen molar-refractivity contribution in [2.45, 2.75) is 4.90 Å². The number of hydrogen-bond donors (Lipinski definition) is 1. The van der Waals surface area contributed by atoms with Gasteiger partial charge in [-0.2, -0.15) is 5.10 Å². The van der Waals surface area contributed by atoms with E-state index in [2.05, 4.69) is 15.4 Å². The monoisotopic (exact) mass is 371 g/mol. The molecule has 0 aliphatic rings. The van der Waals surface area contributed by atoms with Crippen LogP contribution < -0.4 is 5.32 Å². The van der Waals surface area contributed by atoms with E-state index in [4.69, 9.17) is 0 Å². The summed E-state index contributed by atoms with van der Waals surface area (Å²) in [4.78, 5) is 16.3. The lowest BCUT2D eigenvalue weighted by molar-refractivity contribution is 0.102. The number of anilines is 1. The molecule has 0 spiro atoms. The van der Waals surface area contributed by atoms with Gasteiger partial charge in [-0.15, -0.1) is 0 Å². The molecule has 9 heteroatoms. The number of nitrogens with zero attached hydrogens (tertiary/aromatic N) is 4. The van der Waals surface area contributed by atoms with Crippen molar-refractivity contribution >= 4 is 21.6 Å². The molecule has 134 valence electrons. The second-order valence-electron chi connectivity index (χ2n) is 5.65. The molecule has 26 heavy (non-hydrogen) atoms. The summed E-state index contributed by atoms with van der Waals surface area (Å²) < 4.78 is 26.8. The Hall–Kier alpha value is -3.04. The van der Waals surface area contributed by atoms with Gasteiger partial charge in [-0.05, 0) is 48.5 Å². The number of amides is 1. The van der Waals surface area contributed by atoms with Crippen molar-refractivity contribution in [3.05, 3.63) is 66.7 Å². The highest BCUT2D eigenvalue weighted by molar-refractivity contribution is 7.89. The molecule has 0 fully saturated rings. The number of hydrogen-bond acceptors (Lipinski definition) is 5. The van der Waals surface area contributed by atoms with Crippen LogP contribution in [0.5, 0.6) is 0 Å². The minimum absolute atomic E-state index is 0.135. The molecule has 0 radical (unpaired) electrons. The Morgan fingerprint density at radius 2 is 1.69 bits per heavy atom. The first-order valence-electron chi connectivity index (χ1n) is 7.67. The lowest BCUT2D eigenvalue weighted by Crippen LogP contribution is -2.22. The molecule has 0 unspecified atom stereocenters. The van der Waals surface area contributed by atoms with Gasteiger partial charge in [-0.25, -0.2) is 22.4 Å². The van der Waals surface area contributed by atoms with Crippen molar-refractivity contribution in [1.29, 1.82) is 0 Å². The van der Waals surface area contributed by atoms with Gasteiger partial charge in [0.05, 0.1) is 10.6 Å². The van der Waals surface area contributed by atoms with Crippen LogP contribution in [0.25, 0.3) is 5.69 Å². The Kier molecular flexibility index (Phi) is 4.83. The van der Waals surface area contributed by atoms with Crippen LogP contribution in [0.4, 0.5) is 5.69 Å². The molecule has 0 saturated heterocycles. The summed E-state index contributed by atoms with van der Waals surface area (Å²) in [6, 6.07) is 12.9. The Bertz CT molecular complexity index is 996. The lowest BCUT2D eigenvalue weighted by Gasteiger charge is -2.11. The third-order valence-corrected chi connectivity index (χ3v) is 5.53. The van der Waals surface area contributed by atoms with Crippen LogP contribution in [0.15, 0.2) is 66.1 Å². The molecule has 1 N–H and O–H groups in total. The fraction of sp³-hybridized carbons (Fsp3) is 0.118. The van der Waals surface area contributed by atoms with Gasteiger partial charge in [0.25, 0.3) is 5.91 Å². The van der Waals surface area contributed by atoms with E-state index in [0.717, 1.165) is 9.99 Å². The highest BCUT2D eigenvalue weighted by atomic mass is 32.2. The topological polar surface area (TPSA) is 97.2 Å². The minimum atomic E-state index is -3.52. The van der Waals surface area contributed by atoms with E-state index in [1.807, 2.05) is 0 Å². The fourth-order valence-corrected chi connectivity index (χ4v) is 3.13. The van der Waals surface area contributed by atoms with Crippen molar-refractivity contribution in [2.75, 3.05) is 19.4 Å². The zero-order valence-corrected chi connectivity index (χ0v) is 15.0. The van der Waals surface area contributed by atoms with Gasteiger partial charge in [0.2, 0.25) is 10.0 Å². The van der Waals surface area contributed by atoms with Crippen LogP contribution in [0.3, 0.4) is 0 Å². The molecule has 3 aromatic rings. The lowest BCUT2D eigenvalue weighted by atomic mass is 10.2. The highest BCUT2D eigenvalue weighted by Gasteiger charge is 2.17. The van der Waals surface area contributed by atoms with Crippen molar-refractivity contribution in [3.63, 3.8) is 0 Å². The second kappa shape index (κ2) is 7.06. The van der Waals surface area contributed by atoms with Gasteiger partial charge in [-0.3, -0.25) is 4.79 Å². The van der Waals surface area contributed by atoms with Crippen LogP contribution in [0.1, 0.15) is 10.4 Å². The zero-order chi connectivity index (χ0) is 18.7. The Morgan fingerprint density at radius 1 is 1.04 bits per heavy atom. The molecule has 0 saturated carbocycles. The average Bonchev–Trinajstić information content (AvgIpc) is 3.17. The molecule has 8 nitrogen and oxygen atoms in total. The molecule has 0 atom stereocenters. The van der Waals surface area contributed by atoms with Gasteiger partial charge in [0.1, 0.15) is 12.7 Å². The van der Waals surface area contributed by atoms with Crippen LogP contribution in [0, 0.1) is 0 Å². The first-order chi connectivity index (χ1) is 12.4. The Morgan fingerprint density at radius 3 is 2.23 bits per heavy atom. The molecule has 3 rings (SSSR count). The van der Waals surface area contributed by atoms with Crippen LogP contribution in [-0.2, 0) is 10.0 Å². The normalized spacial score (nSPS) is 11.5. The molecule has 0 bridgehead atoms. The van der Waals surface area contributed by atoms with Gasteiger partial charge < -0.3 is 5.32 Å². The van der Waals surface area contributed by atoms with Gasteiger partial charge in [0, 0.05) is 25.3 Å². The number of sulfonamides is 1. The summed E-state index contributed by atoms with van der Waals surface area (Å²) in [7, 11) is -0.602. The average molecular weight is 371 g/mol. The van der Waals surface area contributed by atoms with Crippen molar-refractivity contribution in [1.82, 2.24) is 19.1 Å². The van der Waals surface area contributed by atoms with Crippen molar-refractivity contribution in [3.8, 4) is 5.69 Å². The molecule has 0 aliphatic carbocycles. The standard InChI is InChI=1S/C17H17N5O3S/c1-21(2)26(24,25)16-9-3-13(4-10-16)17(23)20-14-5-7-15(8-6-14)22-12-18-11-19-22/h3-12H,1-2H3,(H,20,23). The minimum Gasteiger partial charge on any atom is -0.322 e. The number of benzene rings is 2. The third-order valence-electron chi connectivity index (χ3n) is 3.70. The number of rotatable bonds is 5. The molecular formula is C17H17N5O3S. The summed E-state index contributed by atoms with van der Waals surface area (Å²) in [6.07, 6.45) is 3.02. The predicted molar refractivity (Wildman–Crippen MR) is 96.6 cm³/mol. The molecule has 2 aromatic carbocycles. The summed E-state index contributed by atoms with van der Waals surface area (Å²) in [6.45, 7) is 0. The molecule has 1 amide bonds. The second-order valence-corrected chi connectivity index (χ2v) is 7.80. The first-order valence-corrected chi connectivity index (χ1v) is 9.11. The van der Waals surface area contributed by atoms with E-state index >= 15 is 0 Å². The maximum atomic E-state index is 12.3. The van der Waals surface area contributed by atoms with Crippen LogP contribution in [-0.4, -0.2) is 47.5 Å². The molecule has 0 aliphatic heterocycles. The van der Waals surface area contributed by atoms with E-state index < -0.39 is 10.0 Å². The quantitative estimate of drug-likeness (QED) is 0.737. The predicted octanol–water partition coefficient (Wildman–Crippen LogP) is 1.77. The maximum Gasteiger partial charge on any atom is 0.255 e. The zero-order valence-electron chi connectivity index (χ0n) is 14.2. The largest absolute Gasteiger partial charge is 0.322 e.